The standard InChI is InChI=1S/C5H4N2OS2/c8-5-6-2-1-4-7(5)3-9-10-4/h1-2H,3H2. The molecule has 0 saturated heterocycles. The first kappa shape index (κ1) is 6.30. The molecule has 0 bridgehead atoms. The van der Waals surface area contributed by atoms with Crippen molar-refractivity contribution in [2.45, 2.75) is 10.9 Å². The maximum absolute atomic E-state index is 10.9. The van der Waals surface area contributed by atoms with Gasteiger partial charge in [-0.3, -0.25) is 4.57 Å². The number of nitrogens with zero attached hydrogens (tertiary/aromatic N) is 2. The first-order valence-electron chi connectivity index (χ1n) is 2.73. The molecule has 0 unspecified atom stereocenters. The highest BCUT2D eigenvalue weighted by atomic mass is 33.1. The summed E-state index contributed by atoms with van der Waals surface area (Å²) < 4.78 is 1.66. The van der Waals surface area contributed by atoms with E-state index in [0.29, 0.717) is 0 Å². The Bertz CT molecular complexity index is 309. The van der Waals surface area contributed by atoms with Crippen molar-refractivity contribution >= 4 is 21.6 Å². The molecule has 52 valence electrons. The lowest BCUT2D eigenvalue weighted by atomic mass is 10.7. The second kappa shape index (κ2) is 2.32. The van der Waals surface area contributed by atoms with Gasteiger partial charge in [-0.25, -0.2) is 9.78 Å². The minimum absolute atomic E-state index is 0.144. The third-order valence-corrected chi connectivity index (χ3v) is 3.42. The molecule has 0 amide bonds. The molecule has 0 aliphatic carbocycles. The minimum atomic E-state index is -0.144. The fraction of sp³-hybridized carbons (Fsp3) is 0.200. The number of hydrogen-bond donors (Lipinski definition) is 0. The topological polar surface area (TPSA) is 34.9 Å². The predicted molar refractivity (Wildman–Crippen MR) is 41.9 cm³/mol. The highest BCUT2D eigenvalue weighted by Crippen LogP contribution is 2.37. The first-order valence-corrected chi connectivity index (χ1v) is 5.05. The average molecular weight is 172 g/mol. The van der Waals surface area contributed by atoms with Crippen LogP contribution in [0.4, 0.5) is 0 Å². The Morgan fingerprint density at radius 3 is 3.40 bits per heavy atom. The Labute approximate surface area is 65.2 Å². The second-order valence-corrected chi connectivity index (χ2v) is 4.11. The number of fused-ring (bicyclic) bond motifs is 1. The third kappa shape index (κ3) is 0.856. The van der Waals surface area contributed by atoms with Crippen LogP contribution >= 0.6 is 21.6 Å². The molecule has 1 aliphatic rings. The molecule has 0 fully saturated rings. The smallest absolute Gasteiger partial charge is 0.275 e. The predicted octanol–water partition coefficient (Wildman–Crippen LogP) is 0.955. The van der Waals surface area contributed by atoms with Gasteiger partial charge in [-0.1, -0.05) is 10.8 Å². The van der Waals surface area contributed by atoms with Crippen LogP contribution in [0.25, 0.3) is 0 Å². The maximum atomic E-state index is 10.9. The van der Waals surface area contributed by atoms with Gasteiger partial charge in [0.2, 0.25) is 0 Å². The highest BCUT2D eigenvalue weighted by molar-refractivity contribution is 8.76. The van der Waals surface area contributed by atoms with Gasteiger partial charge < -0.3 is 0 Å². The zero-order chi connectivity index (χ0) is 6.97. The van der Waals surface area contributed by atoms with Crippen LogP contribution in [0.1, 0.15) is 0 Å². The summed E-state index contributed by atoms with van der Waals surface area (Å²) in [5.41, 5.74) is -0.144. The van der Waals surface area contributed by atoms with E-state index in [0.717, 1.165) is 10.9 Å². The molecule has 2 rings (SSSR count). The van der Waals surface area contributed by atoms with E-state index < -0.39 is 0 Å². The normalized spacial score (nSPS) is 15.2. The molecule has 1 aromatic rings. The summed E-state index contributed by atoms with van der Waals surface area (Å²) in [6.07, 6.45) is 1.55. The van der Waals surface area contributed by atoms with Crippen LogP contribution in [0.5, 0.6) is 0 Å². The SMILES string of the molecule is O=c1nccc2n1CSS2. The van der Waals surface area contributed by atoms with Gasteiger partial charge in [-0.15, -0.1) is 0 Å². The Kier molecular flexibility index (Phi) is 1.46. The molecule has 0 N–H and O–H groups in total. The molecule has 0 atom stereocenters. The van der Waals surface area contributed by atoms with Gasteiger partial charge >= 0.3 is 5.69 Å². The zero-order valence-electron chi connectivity index (χ0n) is 4.98. The molecule has 1 aromatic heterocycles. The summed E-state index contributed by atoms with van der Waals surface area (Å²) in [5.74, 6) is 0.729. The van der Waals surface area contributed by atoms with Crippen LogP contribution in [-0.2, 0) is 5.88 Å². The Morgan fingerprint density at radius 2 is 2.60 bits per heavy atom. The minimum Gasteiger partial charge on any atom is -0.275 e. The van der Waals surface area contributed by atoms with Crippen LogP contribution in [0.3, 0.4) is 0 Å². The van der Waals surface area contributed by atoms with E-state index in [1.807, 2.05) is 6.07 Å². The summed E-state index contributed by atoms with van der Waals surface area (Å²) in [7, 11) is 3.28. The van der Waals surface area contributed by atoms with Gasteiger partial charge in [0.1, 0.15) is 0 Å². The molecule has 5 heteroatoms. The van der Waals surface area contributed by atoms with Gasteiger partial charge in [-0.2, -0.15) is 0 Å². The van der Waals surface area contributed by atoms with Crippen molar-refractivity contribution in [1.29, 1.82) is 0 Å². The Hall–Kier alpha value is -0.420. The molecule has 1 aliphatic heterocycles. The Morgan fingerprint density at radius 1 is 1.70 bits per heavy atom. The van der Waals surface area contributed by atoms with Crippen LogP contribution in [0.2, 0.25) is 0 Å². The van der Waals surface area contributed by atoms with Gasteiger partial charge in [0.15, 0.2) is 0 Å². The van der Waals surface area contributed by atoms with Crippen LogP contribution in [0, 0.1) is 0 Å². The van der Waals surface area contributed by atoms with Crippen molar-refractivity contribution < 1.29 is 0 Å². The fourth-order valence-corrected chi connectivity index (χ4v) is 2.98. The molecular formula is C5H4N2OS2. The summed E-state index contributed by atoms with van der Waals surface area (Å²) in [6, 6.07) is 1.85. The van der Waals surface area contributed by atoms with Gasteiger partial charge in [0.05, 0.1) is 10.9 Å². The lowest BCUT2D eigenvalue weighted by Gasteiger charge is -1.94. The lowest BCUT2D eigenvalue weighted by Crippen LogP contribution is -2.19. The molecule has 0 spiro atoms. The monoisotopic (exact) mass is 172 g/mol. The molecule has 3 nitrogen and oxygen atoms in total. The van der Waals surface area contributed by atoms with Gasteiger partial charge in [0, 0.05) is 6.20 Å². The number of aromatic nitrogens is 2. The van der Waals surface area contributed by atoms with Crippen molar-refractivity contribution in [3.05, 3.63) is 22.7 Å². The Balaban J connectivity index is 2.70. The van der Waals surface area contributed by atoms with E-state index in [1.54, 1.807) is 32.4 Å². The van der Waals surface area contributed by atoms with Crippen molar-refractivity contribution in [3.8, 4) is 0 Å². The molecule has 10 heavy (non-hydrogen) atoms. The zero-order valence-corrected chi connectivity index (χ0v) is 6.61. The fourth-order valence-electron chi connectivity index (χ4n) is 0.750. The van der Waals surface area contributed by atoms with Crippen molar-refractivity contribution in [1.82, 2.24) is 9.55 Å². The van der Waals surface area contributed by atoms with E-state index in [9.17, 15) is 4.79 Å². The van der Waals surface area contributed by atoms with E-state index in [-0.39, 0.29) is 5.69 Å². The lowest BCUT2D eigenvalue weighted by molar-refractivity contribution is 0.723. The van der Waals surface area contributed by atoms with Gasteiger partial charge in [0.25, 0.3) is 0 Å². The third-order valence-electron chi connectivity index (χ3n) is 1.23. The molecule has 0 radical (unpaired) electrons. The average Bonchev–Trinajstić information content (AvgIpc) is 2.36. The largest absolute Gasteiger partial charge is 0.349 e. The quantitative estimate of drug-likeness (QED) is 0.431. The van der Waals surface area contributed by atoms with Gasteiger partial charge in [-0.05, 0) is 16.9 Å². The molecule has 0 saturated carbocycles. The van der Waals surface area contributed by atoms with Crippen molar-refractivity contribution in [2.75, 3.05) is 0 Å². The summed E-state index contributed by atoms with van der Waals surface area (Å²) in [5, 5.41) is 1.00. The summed E-state index contributed by atoms with van der Waals surface area (Å²) in [6.45, 7) is 0. The van der Waals surface area contributed by atoms with Crippen LogP contribution in [-0.4, -0.2) is 9.55 Å². The molecule has 0 aromatic carbocycles. The van der Waals surface area contributed by atoms with E-state index in [2.05, 4.69) is 4.98 Å². The second-order valence-electron chi connectivity index (χ2n) is 1.82. The number of rotatable bonds is 0. The van der Waals surface area contributed by atoms with E-state index >= 15 is 0 Å². The van der Waals surface area contributed by atoms with Crippen molar-refractivity contribution in [2.24, 2.45) is 0 Å². The highest BCUT2D eigenvalue weighted by Gasteiger charge is 2.11. The van der Waals surface area contributed by atoms with Crippen LogP contribution in [0.15, 0.2) is 22.1 Å². The number of hydrogen-bond acceptors (Lipinski definition) is 4. The van der Waals surface area contributed by atoms with E-state index in [4.69, 9.17) is 0 Å². The summed E-state index contributed by atoms with van der Waals surface area (Å²) in [4.78, 5) is 14.6. The van der Waals surface area contributed by atoms with E-state index in [1.165, 1.54) is 0 Å². The molecule has 2 heterocycles. The van der Waals surface area contributed by atoms with Crippen molar-refractivity contribution in [3.63, 3.8) is 0 Å². The van der Waals surface area contributed by atoms with Crippen LogP contribution < -0.4 is 5.69 Å². The molecular weight excluding hydrogens is 168 g/mol. The first-order chi connectivity index (χ1) is 4.88. The maximum Gasteiger partial charge on any atom is 0.349 e. The summed E-state index contributed by atoms with van der Waals surface area (Å²) >= 11 is 0.